The number of aryl methyl sites for hydroxylation is 1. The molecule has 10 heteroatoms. The second-order valence-electron chi connectivity index (χ2n) is 7.92. The summed E-state index contributed by atoms with van der Waals surface area (Å²) in [5, 5.41) is 5.97. The molecule has 4 N–H and O–H groups in total. The standard InChI is InChI=1S/C24H31N7O3/c1-7-9-19(32)31(6)16(3)24(34)26-13-12-17-10-8-11-18(14-17)28-22-20(21(25)33)27-15(2)23(29-22)30(4)5/h8,10-11,14,16H,12-13H2,1-6H3,(H2,25,33)(H,26,34)(H,28,29)/t16-/m0/s1. The van der Waals surface area contributed by atoms with Crippen molar-refractivity contribution in [3.05, 3.63) is 41.2 Å². The highest BCUT2D eigenvalue weighted by Gasteiger charge is 2.21. The molecule has 10 nitrogen and oxygen atoms in total. The minimum absolute atomic E-state index is 0.0567. The largest absolute Gasteiger partial charge is 0.364 e. The number of likely N-dealkylation sites (N-methyl/N-ethyl adjacent to an activating group) is 1. The molecule has 2 rings (SSSR count). The maximum Gasteiger partial charge on any atom is 0.298 e. The molecule has 0 bridgehead atoms. The second kappa shape index (κ2) is 11.7. The quantitative estimate of drug-likeness (QED) is 0.474. The van der Waals surface area contributed by atoms with Crippen molar-refractivity contribution in [3.63, 3.8) is 0 Å². The molecule has 0 spiro atoms. The Hall–Kier alpha value is -4.13. The van der Waals surface area contributed by atoms with Crippen LogP contribution >= 0.6 is 0 Å². The molecule has 0 aliphatic rings. The molecule has 1 aromatic carbocycles. The summed E-state index contributed by atoms with van der Waals surface area (Å²) in [5.74, 6) is 4.50. The first kappa shape index (κ1) is 26.1. The monoisotopic (exact) mass is 465 g/mol. The fourth-order valence-electron chi connectivity index (χ4n) is 3.16. The summed E-state index contributed by atoms with van der Waals surface area (Å²) in [7, 11) is 5.22. The van der Waals surface area contributed by atoms with Crippen LogP contribution in [-0.2, 0) is 16.0 Å². The number of benzene rings is 1. The van der Waals surface area contributed by atoms with Crippen molar-refractivity contribution in [2.75, 3.05) is 37.9 Å². The molecule has 0 saturated heterocycles. The van der Waals surface area contributed by atoms with Gasteiger partial charge in [-0.3, -0.25) is 14.4 Å². The Morgan fingerprint density at radius 2 is 1.88 bits per heavy atom. The van der Waals surface area contributed by atoms with E-state index in [1.165, 1.54) is 4.90 Å². The highest BCUT2D eigenvalue weighted by atomic mass is 16.2. The second-order valence-corrected chi connectivity index (χ2v) is 7.92. The Labute approximate surface area is 199 Å². The predicted molar refractivity (Wildman–Crippen MR) is 132 cm³/mol. The summed E-state index contributed by atoms with van der Waals surface area (Å²) in [6.07, 6.45) is 0.561. The normalized spacial score (nSPS) is 11.0. The van der Waals surface area contributed by atoms with Gasteiger partial charge >= 0.3 is 0 Å². The van der Waals surface area contributed by atoms with E-state index < -0.39 is 17.9 Å². The number of carbonyl (C=O) groups excluding carboxylic acids is 3. The number of nitrogens with zero attached hydrogens (tertiary/aromatic N) is 4. The first-order valence-corrected chi connectivity index (χ1v) is 10.7. The van der Waals surface area contributed by atoms with Crippen LogP contribution in [0.2, 0.25) is 0 Å². The molecule has 0 unspecified atom stereocenters. The van der Waals surface area contributed by atoms with Gasteiger partial charge in [0.1, 0.15) is 6.04 Å². The van der Waals surface area contributed by atoms with E-state index in [4.69, 9.17) is 5.73 Å². The van der Waals surface area contributed by atoms with Gasteiger partial charge in [0, 0.05) is 33.4 Å². The molecule has 3 amide bonds. The van der Waals surface area contributed by atoms with Gasteiger partial charge in [-0.25, -0.2) is 9.97 Å². The van der Waals surface area contributed by atoms with Crippen LogP contribution in [0.3, 0.4) is 0 Å². The third-order valence-corrected chi connectivity index (χ3v) is 5.12. The van der Waals surface area contributed by atoms with E-state index in [2.05, 4.69) is 32.4 Å². The molecule has 34 heavy (non-hydrogen) atoms. The van der Waals surface area contributed by atoms with Gasteiger partial charge in [0.05, 0.1) is 5.69 Å². The number of aromatic nitrogens is 2. The Morgan fingerprint density at radius 3 is 2.50 bits per heavy atom. The SMILES string of the molecule is CC#CC(=O)N(C)[C@@H](C)C(=O)NCCc1cccc(Nc2nc(N(C)C)c(C)nc2C(N)=O)c1. The molecule has 180 valence electrons. The zero-order valence-electron chi connectivity index (χ0n) is 20.4. The van der Waals surface area contributed by atoms with Crippen molar-refractivity contribution in [2.24, 2.45) is 5.73 Å². The van der Waals surface area contributed by atoms with E-state index in [1.54, 1.807) is 32.7 Å². The lowest BCUT2D eigenvalue weighted by molar-refractivity contribution is -0.134. The molecule has 1 atom stereocenters. The number of hydrogen-bond donors (Lipinski definition) is 3. The van der Waals surface area contributed by atoms with Gasteiger partial charge in [-0.2, -0.15) is 0 Å². The van der Waals surface area contributed by atoms with E-state index in [0.29, 0.717) is 30.2 Å². The topological polar surface area (TPSA) is 134 Å². The van der Waals surface area contributed by atoms with Crippen LogP contribution in [0.15, 0.2) is 24.3 Å². The molecule has 0 radical (unpaired) electrons. The summed E-state index contributed by atoms with van der Waals surface area (Å²) in [6.45, 7) is 5.37. The minimum atomic E-state index is -0.676. The summed E-state index contributed by atoms with van der Waals surface area (Å²) in [4.78, 5) is 48.0. The molecule has 0 aliphatic carbocycles. The summed E-state index contributed by atoms with van der Waals surface area (Å²) in [6, 6.07) is 6.87. The zero-order chi connectivity index (χ0) is 25.4. The number of primary amides is 1. The maximum absolute atomic E-state index is 12.4. The maximum atomic E-state index is 12.4. The van der Waals surface area contributed by atoms with Crippen molar-refractivity contribution >= 4 is 35.0 Å². The lowest BCUT2D eigenvalue weighted by Crippen LogP contribution is -2.46. The highest BCUT2D eigenvalue weighted by molar-refractivity contribution is 5.97. The number of carbonyl (C=O) groups is 3. The molecule has 2 aromatic rings. The molecule has 0 fully saturated rings. The van der Waals surface area contributed by atoms with Crippen LogP contribution in [0.4, 0.5) is 17.3 Å². The Balaban J connectivity index is 2.08. The van der Waals surface area contributed by atoms with Gasteiger partial charge in [0.2, 0.25) is 5.91 Å². The number of nitrogens with two attached hydrogens (primary N) is 1. The zero-order valence-corrected chi connectivity index (χ0v) is 20.4. The van der Waals surface area contributed by atoms with E-state index in [0.717, 1.165) is 5.56 Å². The van der Waals surface area contributed by atoms with Crippen LogP contribution in [0, 0.1) is 18.8 Å². The van der Waals surface area contributed by atoms with Gasteiger partial charge in [-0.1, -0.05) is 18.1 Å². The van der Waals surface area contributed by atoms with Gasteiger partial charge in [-0.15, -0.1) is 0 Å². The first-order chi connectivity index (χ1) is 16.0. The summed E-state index contributed by atoms with van der Waals surface area (Å²) >= 11 is 0. The lowest BCUT2D eigenvalue weighted by atomic mass is 10.1. The molecule has 1 aromatic heterocycles. The average molecular weight is 466 g/mol. The van der Waals surface area contributed by atoms with Crippen LogP contribution in [0.1, 0.15) is 35.6 Å². The number of nitrogens with one attached hydrogen (secondary N) is 2. The van der Waals surface area contributed by atoms with Crippen LogP contribution in [0.5, 0.6) is 0 Å². The fourth-order valence-corrected chi connectivity index (χ4v) is 3.16. The third-order valence-electron chi connectivity index (χ3n) is 5.12. The smallest absolute Gasteiger partial charge is 0.298 e. The predicted octanol–water partition coefficient (Wildman–Crippen LogP) is 1.22. The van der Waals surface area contributed by atoms with E-state index in [9.17, 15) is 14.4 Å². The molecular formula is C24H31N7O3. The van der Waals surface area contributed by atoms with Crippen molar-refractivity contribution in [3.8, 4) is 11.8 Å². The fraction of sp³-hybridized carbons (Fsp3) is 0.375. The minimum Gasteiger partial charge on any atom is -0.364 e. The van der Waals surface area contributed by atoms with E-state index >= 15 is 0 Å². The average Bonchev–Trinajstić information content (AvgIpc) is 2.79. The first-order valence-electron chi connectivity index (χ1n) is 10.7. The van der Waals surface area contributed by atoms with Gasteiger partial charge in [0.15, 0.2) is 17.3 Å². The number of amides is 3. The van der Waals surface area contributed by atoms with E-state index in [1.807, 2.05) is 38.4 Å². The Kier molecular flexibility index (Phi) is 8.95. The Morgan fingerprint density at radius 1 is 1.18 bits per heavy atom. The summed E-state index contributed by atoms with van der Waals surface area (Å²) < 4.78 is 0. The van der Waals surface area contributed by atoms with Crippen LogP contribution < -0.4 is 21.3 Å². The molecular weight excluding hydrogens is 434 g/mol. The molecule has 0 aliphatic heterocycles. The van der Waals surface area contributed by atoms with E-state index in [-0.39, 0.29) is 17.4 Å². The van der Waals surface area contributed by atoms with Crippen LogP contribution in [-0.4, -0.2) is 66.3 Å². The lowest BCUT2D eigenvalue weighted by Gasteiger charge is -2.22. The number of rotatable bonds is 9. The van der Waals surface area contributed by atoms with Crippen molar-refractivity contribution in [1.29, 1.82) is 0 Å². The van der Waals surface area contributed by atoms with Gasteiger partial charge < -0.3 is 26.2 Å². The van der Waals surface area contributed by atoms with Gasteiger partial charge in [-0.05, 0) is 50.8 Å². The van der Waals surface area contributed by atoms with Crippen LogP contribution in [0.25, 0.3) is 0 Å². The van der Waals surface area contributed by atoms with Gasteiger partial charge in [0.25, 0.3) is 11.8 Å². The van der Waals surface area contributed by atoms with Crippen molar-refractivity contribution in [1.82, 2.24) is 20.2 Å². The summed E-state index contributed by atoms with van der Waals surface area (Å²) in [5.41, 5.74) is 7.80. The highest BCUT2D eigenvalue weighted by Crippen LogP contribution is 2.23. The van der Waals surface area contributed by atoms with Crippen molar-refractivity contribution in [2.45, 2.75) is 33.2 Å². The Bertz CT molecular complexity index is 1140. The number of anilines is 3. The molecule has 0 saturated carbocycles. The number of hydrogen-bond acceptors (Lipinski definition) is 7. The molecule has 1 heterocycles. The third kappa shape index (κ3) is 6.68. The van der Waals surface area contributed by atoms with Crippen molar-refractivity contribution < 1.29 is 14.4 Å².